The molecule has 2 nitrogen and oxygen atoms in total. The summed E-state index contributed by atoms with van der Waals surface area (Å²) in [7, 11) is 0. The van der Waals surface area contributed by atoms with E-state index in [9.17, 15) is 10.2 Å². The average Bonchev–Trinajstić information content (AvgIpc) is 2.20. The lowest BCUT2D eigenvalue weighted by molar-refractivity contribution is -0.0309. The van der Waals surface area contributed by atoms with Crippen LogP contribution in [-0.4, -0.2) is 22.4 Å². The average molecular weight is 184 g/mol. The van der Waals surface area contributed by atoms with Crippen LogP contribution in [-0.2, 0) is 0 Å². The summed E-state index contributed by atoms with van der Waals surface area (Å²) >= 11 is 0. The first kappa shape index (κ1) is 10.7. The van der Waals surface area contributed by atoms with Crippen LogP contribution in [0.3, 0.4) is 0 Å². The monoisotopic (exact) mass is 184 g/mol. The van der Waals surface area contributed by atoms with Crippen LogP contribution < -0.4 is 0 Å². The van der Waals surface area contributed by atoms with E-state index in [0.29, 0.717) is 0 Å². The SMILES string of the molecule is C/C=C1/C[C@H](CO)C(C)(C)[C@@]1(C)O. The molecule has 0 bridgehead atoms. The smallest absolute Gasteiger partial charge is 0.0882 e. The molecule has 1 fully saturated rings. The fourth-order valence-electron chi connectivity index (χ4n) is 2.22. The van der Waals surface area contributed by atoms with Gasteiger partial charge in [0.2, 0.25) is 0 Å². The van der Waals surface area contributed by atoms with Crippen molar-refractivity contribution in [1.29, 1.82) is 0 Å². The fourth-order valence-corrected chi connectivity index (χ4v) is 2.22. The molecule has 0 aromatic carbocycles. The van der Waals surface area contributed by atoms with Gasteiger partial charge in [0, 0.05) is 12.0 Å². The molecule has 0 aliphatic heterocycles. The highest BCUT2D eigenvalue weighted by Crippen LogP contribution is 2.52. The first-order chi connectivity index (χ1) is 5.87. The second-order valence-electron chi connectivity index (χ2n) is 4.69. The first-order valence-electron chi connectivity index (χ1n) is 4.86. The summed E-state index contributed by atoms with van der Waals surface area (Å²) < 4.78 is 0. The Morgan fingerprint density at radius 1 is 1.46 bits per heavy atom. The summed E-state index contributed by atoms with van der Waals surface area (Å²) in [5.41, 5.74) is 0.0511. The summed E-state index contributed by atoms with van der Waals surface area (Å²) in [5.74, 6) is 0.175. The second kappa shape index (κ2) is 3.10. The third kappa shape index (κ3) is 1.32. The maximum Gasteiger partial charge on any atom is 0.0882 e. The molecule has 0 radical (unpaired) electrons. The summed E-state index contributed by atoms with van der Waals surface area (Å²) in [5, 5.41) is 19.5. The van der Waals surface area contributed by atoms with E-state index in [2.05, 4.69) is 0 Å². The molecule has 0 unspecified atom stereocenters. The van der Waals surface area contributed by atoms with Gasteiger partial charge >= 0.3 is 0 Å². The van der Waals surface area contributed by atoms with Crippen molar-refractivity contribution >= 4 is 0 Å². The van der Waals surface area contributed by atoms with Gasteiger partial charge in [0.25, 0.3) is 0 Å². The number of allylic oxidation sites excluding steroid dienone is 1. The van der Waals surface area contributed by atoms with Gasteiger partial charge < -0.3 is 10.2 Å². The summed E-state index contributed by atoms with van der Waals surface area (Å²) in [6.07, 6.45) is 2.78. The standard InChI is InChI=1S/C11H20O2/c1-5-8-6-9(7-12)10(2,3)11(8,4)13/h5,9,12-13H,6-7H2,1-4H3/b8-5-/t9-,11+/m1/s1. The van der Waals surface area contributed by atoms with Crippen molar-refractivity contribution in [2.24, 2.45) is 11.3 Å². The number of hydrogen-bond donors (Lipinski definition) is 2. The van der Waals surface area contributed by atoms with E-state index in [1.54, 1.807) is 0 Å². The van der Waals surface area contributed by atoms with E-state index in [-0.39, 0.29) is 17.9 Å². The molecular formula is C11H20O2. The van der Waals surface area contributed by atoms with E-state index < -0.39 is 5.60 Å². The first-order valence-corrected chi connectivity index (χ1v) is 4.86. The predicted molar refractivity (Wildman–Crippen MR) is 53.4 cm³/mol. The van der Waals surface area contributed by atoms with Gasteiger partial charge in [-0.05, 0) is 31.8 Å². The quantitative estimate of drug-likeness (QED) is 0.609. The fraction of sp³-hybridized carbons (Fsp3) is 0.818. The van der Waals surface area contributed by atoms with E-state index in [0.717, 1.165) is 12.0 Å². The molecule has 0 amide bonds. The molecule has 1 rings (SSSR count). The molecule has 0 aromatic heterocycles. The Balaban J connectivity index is 3.07. The van der Waals surface area contributed by atoms with Gasteiger partial charge in [0.05, 0.1) is 5.60 Å². The third-order valence-corrected chi connectivity index (χ3v) is 3.94. The molecule has 1 aliphatic carbocycles. The van der Waals surface area contributed by atoms with Crippen molar-refractivity contribution in [3.05, 3.63) is 11.6 Å². The van der Waals surface area contributed by atoms with E-state index in [1.165, 1.54) is 0 Å². The van der Waals surface area contributed by atoms with Crippen molar-refractivity contribution < 1.29 is 10.2 Å². The maximum absolute atomic E-state index is 10.3. The molecule has 76 valence electrons. The Hall–Kier alpha value is -0.340. The lowest BCUT2D eigenvalue weighted by Gasteiger charge is -2.37. The number of aliphatic hydroxyl groups is 2. The second-order valence-corrected chi connectivity index (χ2v) is 4.69. The summed E-state index contributed by atoms with van der Waals surface area (Å²) in [6.45, 7) is 7.98. The minimum absolute atomic E-state index is 0.153. The highest BCUT2D eigenvalue weighted by molar-refractivity contribution is 5.27. The van der Waals surface area contributed by atoms with E-state index >= 15 is 0 Å². The van der Waals surface area contributed by atoms with E-state index in [4.69, 9.17) is 0 Å². The van der Waals surface area contributed by atoms with E-state index in [1.807, 2.05) is 33.8 Å². The normalized spacial score (nSPS) is 41.4. The van der Waals surface area contributed by atoms with Crippen LogP contribution in [0.25, 0.3) is 0 Å². The van der Waals surface area contributed by atoms with Crippen molar-refractivity contribution in [1.82, 2.24) is 0 Å². The zero-order valence-corrected chi connectivity index (χ0v) is 8.96. The van der Waals surface area contributed by atoms with Crippen LogP contribution in [0.15, 0.2) is 11.6 Å². The van der Waals surface area contributed by atoms with Crippen molar-refractivity contribution in [2.75, 3.05) is 6.61 Å². The molecule has 1 aliphatic rings. The van der Waals surface area contributed by atoms with Crippen LogP contribution >= 0.6 is 0 Å². The van der Waals surface area contributed by atoms with Crippen LogP contribution in [0.5, 0.6) is 0 Å². The molecule has 2 atom stereocenters. The molecule has 0 heterocycles. The van der Waals surface area contributed by atoms with Crippen molar-refractivity contribution in [3.63, 3.8) is 0 Å². The van der Waals surface area contributed by atoms with Crippen molar-refractivity contribution in [2.45, 2.75) is 39.7 Å². The minimum atomic E-state index is -0.769. The van der Waals surface area contributed by atoms with Crippen LogP contribution in [0, 0.1) is 11.3 Å². The molecular weight excluding hydrogens is 164 g/mol. The number of rotatable bonds is 1. The molecule has 0 spiro atoms. The molecule has 2 N–H and O–H groups in total. The lowest BCUT2D eigenvalue weighted by atomic mass is 9.73. The third-order valence-electron chi connectivity index (χ3n) is 3.94. The molecule has 2 heteroatoms. The Labute approximate surface area is 80.3 Å². The Morgan fingerprint density at radius 3 is 2.23 bits per heavy atom. The van der Waals surface area contributed by atoms with Crippen LogP contribution in [0.2, 0.25) is 0 Å². The highest BCUT2D eigenvalue weighted by atomic mass is 16.3. The number of aliphatic hydroxyl groups excluding tert-OH is 1. The largest absolute Gasteiger partial charge is 0.396 e. The summed E-state index contributed by atoms with van der Waals surface area (Å²) in [4.78, 5) is 0. The van der Waals surface area contributed by atoms with Gasteiger partial charge in [-0.25, -0.2) is 0 Å². The Kier molecular flexibility index (Phi) is 2.56. The molecule has 0 saturated heterocycles. The lowest BCUT2D eigenvalue weighted by Crippen LogP contribution is -2.41. The van der Waals surface area contributed by atoms with Crippen molar-refractivity contribution in [3.8, 4) is 0 Å². The topological polar surface area (TPSA) is 40.5 Å². The summed E-state index contributed by atoms with van der Waals surface area (Å²) in [6, 6.07) is 0. The van der Waals surface area contributed by atoms with Gasteiger partial charge in [0.1, 0.15) is 0 Å². The molecule has 13 heavy (non-hydrogen) atoms. The zero-order chi connectivity index (χ0) is 10.3. The maximum atomic E-state index is 10.3. The number of hydrogen-bond acceptors (Lipinski definition) is 2. The van der Waals surface area contributed by atoms with Crippen LogP contribution in [0.4, 0.5) is 0 Å². The Morgan fingerprint density at radius 2 is 2.00 bits per heavy atom. The van der Waals surface area contributed by atoms with Gasteiger partial charge in [-0.2, -0.15) is 0 Å². The van der Waals surface area contributed by atoms with Gasteiger partial charge in [-0.1, -0.05) is 19.9 Å². The van der Waals surface area contributed by atoms with Gasteiger partial charge in [-0.15, -0.1) is 0 Å². The Bertz CT molecular complexity index is 226. The zero-order valence-electron chi connectivity index (χ0n) is 8.96. The minimum Gasteiger partial charge on any atom is -0.396 e. The predicted octanol–water partition coefficient (Wildman–Crippen LogP) is 1.72. The van der Waals surface area contributed by atoms with Gasteiger partial charge in [0.15, 0.2) is 0 Å². The van der Waals surface area contributed by atoms with Gasteiger partial charge in [-0.3, -0.25) is 0 Å². The molecule has 0 aromatic rings. The molecule has 1 saturated carbocycles. The highest BCUT2D eigenvalue weighted by Gasteiger charge is 2.52. The van der Waals surface area contributed by atoms with Crippen LogP contribution in [0.1, 0.15) is 34.1 Å².